The Morgan fingerprint density at radius 2 is 1.68 bits per heavy atom. The van der Waals surface area contributed by atoms with Crippen molar-refractivity contribution in [2.75, 3.05) is 0 Å². The van der Waals surface area contributed by atoms with Gasteiger partial charge in [-0.1, -0.05) is 39.0 Å². The molecule has 0 aliphatic heterocycles. The summed E-state index contributed by atoms with van der Waals surface area (Å²) in [5.74, 6) is 0.857. The first-order valence-corrected chi connectivity index (χ1v) is 8.76. The second-order valence-electron chi connectivity index (χ2n) is 5.92. The monoisotopic (exact) mass is 337 g/mol. The van der Waals surface area contributed by atoms with Crippen LogP contribution in [0.15, 0.2) is 36.7 Å². The van der Waals surface area contributed by atoms with E-state index >= 15 is 0 Å². The highest BCUT2D eigenvalue weighted by molar-refractivity contribution is 5.72. The molecule has 25 heavy (non-hydrogen) atoms. The molecule has 0 fully saturated rings. The third-order valence-corrected chi connectivity index (χ3v) is 3.86. The number of nitriles is 1. The molecule has 0 aliphatic rings. The van der Waals surface area contributed by atoms with E-state index in [1.54, 1.807) is 24.3 Å². The molecule has 0 bridgehead atoms. The molecule has 0 atom stereocenters. The number of hydrogen-bond acceptors (Lipinski definition) is 5. The van der Waals surface area contributed by atoms with Crippen LogP contribution in [0.25, 0.3) is 11.4 Å². The van der Waals surface area contributed by atoms with Crippen LogP contribution in [0.5, 0.6) is 5.75 Å². The standard InChI is InChI=1S/C20H23N3O2/c1-2-3-4-5-6-7-8-19(24)25-18-11-9-17(10-12-18)20-22-14-16(13-21)15-23-20/h9-12,14-15H,2-8H2,1H3. The summed E-state index contributed by atoms with van der Waals surface area (Å²) >= 11 is 0. The first-order valence-electron chi connectivity index (χ1n) is 8.76. The van der Waals surface area contributed by atoms with Crippen molar-refractivity contribution in [2.24, 2.45) is 0 Å². The van der Waals surface area contributed by atoms with Gasteiger partial charge in [0, 0.05) is 24.4 Å². The lowest BCUT2D eigenvalue weighted by Crippen LogP contribution is -2.07. The van der Waals surface area contributed by atoms with Crippen molar-refractivity contribution in [3.05, 3.63) is 42.2 Å². The Kier molecular flexibility index (Phi) is 7.58. The van der Waals surface area contributed by atoms with E-state index in [1.807, 2.05) is 6.07 Å². The molecule has 1 aromatic heterocycles. The van der Waals surface area contributed by atoms with Gasteiger partial charge in [-0.05, 0) is 30.7 Å². The van der Waals surface area contributed by atoms with Gasteiger partial charge in [0.05, 0.1) is 5.56 Å². The first-order chi connectivity index (χ1) is 12.2. The zero-order chi connectivity index (χ0) is 17.9. The van der Waals surface area contributed by atoms with Crippen molar-refractivity contribution in [2.45, 2.75) is 51.9 Å². The number of carbonyl (C=O) groups is 1. The van der Waals surface area contributed by atoms with Crippen molar-refractivity contribution in [3.63, 3.8) is 0 Å². The van der Waals surface area contributed by atoms with Gasteiger partial charge in [-0.15, -0.1) is 0 Å². The van der Waals surface area contributed by atoms with E-state index in [0.717, 1.165) is 18.4 Å². The van der Waals surface area contributed by atoms with Gasteiger partial charge in [0.2, 0.25) is 0 Å². The predicted octanol–water partition coefficient (Wildman–Crippen LogP) is 4.67. The molecule has 0 aliphatic carbocycles. The number of benzene rings is 1. The number of ether oxygens (including phenoxy) is 1. The third kappa shape index (κ3) is 6.34. The van der Waals surface area contributed by atoms with Crippen molar-refractivity contribution in [3.8, 4) is 23.2 Å². The molecular formula is C20H23N3O2. The molecule has 5 heteroatoms. The summed E-state index contributed by atoms with van der Waals surface area (Å²) in [5, 5.41) is 8.76. The van der Waals surface area contributed by atoms with Crippen LogP contribution < -0.4 is 4.74 Å². The molecule has 0 saturated carbocycles. The summed E-state index contributed by atoms with van der Waals surface area (Å²) < 4.78 is 5.35. The lowest BCUT2D eigenvalue weighted by molar-refractivity contribution is -0.134. The molecule has 1 heterocycles. The Morgan fingerprint density at radius 1 is 1.04 bits per heavy atom. The average molecular weight is 337 g/mol. The second-order valence-corrected chi connectivity index (χ2v) is 5.92. The lowest BCUT2D eigenvalue weighted by atomic mass is 10.1. The number of carbonyl (C=O) groups excluding carboxylic acids is 1. The first kappa shape index (κ1) is 18.6. The summed E-state index contributed by atoms with van der Waals surface area (Å²) in [6.07, 6.45) is 10.3. The predicted molar refractivity (Wildman–Crippen MR) is 95.8 cm³/mol. The van der Waals surface area contributed by atoms with Gasteiger partial charge in [0.1, 0.15) is 11.8 Å². The van der Waals surface area contributed by atoms with Crippen LogP contribution in [0.1, 0.15) is 57.4 Å². The number of nitrogens with zero attached hydrogens (tertiary/aromatic N) is 3. The molecular weight excluding hydrogens is 314 g/mol. The summed E-state index contributed by atoms with van der Waals surface area (Å²) in [5.41, 5.74) is 1.23. The quantitative estimate of drug-likeness (QED) is 0.377. The van der Waals surface area contributed by atoms with Crippen LogP contribution in [0, 0.1) is 11.3 Å². The number of unbranched alkanes of at least 4 members (excludes halogenated alkanes) is 5. The van der Waals surface area contributed by atoms with E-state index in [-0.39, 0.29) is 5.97 Å². The second kappa shape index (κ2) is 10.2. The van der Waals surface area contributed by atoms with Crippen molar-refractivity contribution >= 4 is 5.97 Å². The van der Waals surface area contributed by atoms with Gasteiger partial charge in [-0.2, -0.15) is 5.26 Å². The van der Waals surface area contributed by atoms with Crippen molar-refractivity contribution in [1.82, 2.24) is 9.97 Å². The van der Waals surface area contributed by atoms with Crippen LogP contribution in [0.4, 0.5) is 0 Å². The molecule has 0 radical (unpaired) electrons. The highest BCUT2D eigenvalue weighted by Gasteiger charge is 2.06. The number of aromatic nitrogens is 2. The minimum absolute atomic E-state index is 0.196. The minimum atomic E-state index is -0.196. The molecule has 5 nitrogen and oxygen atoms in total. The van der Waals surface area contributed by atoms with E-state index in [2.05, 4.69) is 16.9 Å². The average Bonchev–Trinajstić information content (AvgIpc) is 2.65. The molecule has 0 N–H and O–H groups in total. The van der Waals surface area contributed by atoms with E-state index in [1.165, 1.54) is 38.1 Å². The largest absolute Gasteiger partial charge is 0.427 e. The van der Waals surface area contributed by atoms with Gasteiger partial charge in [-0.3, -0.25) is 4.79 Å². The normalized spacial score (nSPS) is 10.2. The highest BCUT2D eigenvalue weighted by Crippen LogP contribution is 2.20. The third-order valence-electron chi connectivity index (χ3n) is 3.86. The molecule has 1 aromatic carbocycles. The smallest absolute Gasteiger partial charge is 0.311 e. The summed E-state index contributed by atoms with van der Waals surface area (Å²) in [4.78, 5) is 20.1. The fourth-order valence-corrected chi connectivity index (χ4v) is 2.44. The van der Waals surface area contributed by atoms with Gasteiger partial charge < -0.3 is 4.74 Å². The Labute approximate surface area is 148 Å². The lowest BCUT2D eigenvalue weighted by Gasteiger charge is -2.05. The van der Waals surface area contributed by atoms with Gasteiger partial charge in [0.25, 0.3) is 0 Å². The Balaban J connectivity index is 1.79. The minimum Gasteiger partial charge on any atom is -0.427 e. The highest BCUT2D eigenvalue weighted by atomic mass is 16.5. The Bertz CT molecular complexity index is 703. The zero-order valence-corrected chi connectivity index (χ0v) is 14.6. The van der Waals surface area contributed by atoms with E-state index < -0.39 is 0 Å². The van der Waals surface area contributed by atoms with Crippen molar-refractivity contribution < 1.29 is 9.53 Å². The molecule has 2 aromatic rings. The molecule has 0 amide bonds. The van der Waals surface area contributed by atoms with Gasteiger partial charge >= 0.3 is 5.97 Å². The summed E-state index contributed by atoms with van der Waals surface area (Å²) in [6, 6.07) is 9.05. The van der Waals surface area contributed by atoms with Gasteiger partial charge in [0.15, 0.2) is 5.82 Å². The molecule has 130 valence electrons. The van der Waals surface area contributed by atoms with Gasteiger partial charge in [-0.25, -0.2) is 9.97 Å². The fraction of sp³-hybridized carbons (Fsp3) is 0.400. The van der Waals surface area contributed by atoms with Crippen LogP contribution >= 0.6 is 0 Å². The molecule has 0 spiro atoms. The fourth-order valence-electron chi connectivity index (χ4n) is 2.44. The number of rotatable bonds is 9. The Hall–Kier alpha value is -2.74. The maximum absolute atomic E-state index is 11.8. The van der Waals surface area contributed by atoms with E-state index in [4.69, 9.17) is 10.00 Å². The van der Waals surface area contributed by atoms with Crippen LogP contribution in [-0.4, -0.2) is 15.9 Å². The molecule has 2 rings (SSSR count). The zero-order valence-electron chi connectivity index (χ0n) is 14.6. The SMILES string of the molecule is CCCCCCCCC(=O)Oc1ccc(-c2ncc(C#N)cn2)cc1. The molecule has 0 saturated heterocycles. The topological polar surface area (TPSA) is 75.9 Å². The number of esters is 1. The van der Waals surface area contributed by atoms with Crippen molar-refractivity contribution in [1.29, 1.82) is 5.26 Å². The van der Waals surface area contributed by atoms with E-state index in [9.17, 15) is 4.79 Å². The number of hydrogen-bond donors (Lipinski definition) is 0. The van der Waals surface area contributed by atoms with Crippen LogP contribution in [0.3, 0.4) is 0 Å². The molecule has 0 unspecified atom stereocenters. The van der Waals surface area contributed by atoms with Crippen LogP contribution in [-0.2, 0) is 4.79 Å². The maximum atomic E-state index is 11.8. The maximum Gasteiger partial charge on any atom is 0.311 e. The van der Waals surface area contributed by atoms with E-state index in [0.29, 0.717) is 23.6 Å². The Morgan fingerprint density at radius 3 is 2.32 bits per heavy atom. The summed E-state index contributed by atoms with van der Waals surface area (Å²) in [7, 11) is 0. The van der Waals surface area contributed by atoms with Crippen LogP contribution in [0.2, 0.25) is 0 Å². The summed E-state index contributed by atoms with van der Waals surface area (Å²) in [6.45, 7) is 2.19.